The lowest BCUT2D eigenvalue weighted by Crippen LogP contribution is -2.69. The third-order valence-electron chi connectivity index (χ3n) is 6.27. The molecule has 1 fully saturated rings. The molecule has 0 unspecified atom stereocenters. The number of aromatic nitrogens is 2. The van der Waals surface area contributed by atoms with Gasteiger partial charge in [-0.25, -0.2) is 9.78 Å². The first-order valence-electron chi connectivity index (χ1n) is 10.4. The number of ketones is 1. The maximum absolute atomic E-state index is 13.0. The fourth-order valence-electron chi connectivity index (χ4n) is 4.42. The summed E-state index contributed by atoms with van der Waals surface area (Å²) in [6.45, 7) is 2.50. The summed E-state index contributed by atoms with van der Waals surface area (Å²) in [5, 5.41) is 3.80. The van der Waals surface area contributed by atoms with E-state index in [-0.39, 0.29) is 49.2 Å². The number of benzene rings is 1. The van der Waals surface area contributed by atoms with Crippen molar-refractivity contribution >= 4 is 22.8 Å². The van der Waals surface area contributed by atoms with Crippen molar-refractivity contribution in [1.29, 1.82) is 0 Å². The number of alkyl halides is 3. The van der Waals surface area contributed by atoms with Gasteiger partial charge in [-0.05, 0) is 42.8 Å². The summed E-state index contributed by atoms with van der Waals surface area (Å²) in [5.74, 6) is -0.374. The summed E-state index contributed by atoms with van der Waals surface area (Å²) in [4.78, 5) is 31.0. The van der Waals surface area contributed by atoms with E-state index in [0.717, 1.165) is 40.5 Å². The number of ether oxygens (including phenoxy) is 1. The zero-order valence-electron chi connectivity index (χ0n) is 18.0. The van der Waals surface area contributed by atoms with Crippen molar-refractivity contribution in [3.63, 3.8) is 0 Å². The number of carbonyl (C=O) groups is 2. The predicted molar refractivity (Wildman–Crippen MR) is 113 cm³/mol. The van der Waals surface area contributed by atoms with Crippen LogP contribution in [0.3, 0.4) is 0 Å². The number of aryl methyl sites for hydroxylation is 2. The van der Waals surface area contributed by atoms with Crippen molar-refractivity contribution < 1.29 is 27.5 Å². The van der Waals surface area contributed by atoms with Crippen molar-refractivity contribution in [2.24, 2.45) is 7.05 Å². The van der Waals surface area contributed by atoms with Crippen LogP contribution in [0.4, 0.5) is 18.0 Å². The molecule has 3 aromatic rings. The molecule has 172 valence electrons. The first-order chi connectivity index (χ1) is 15.5. The highest BCUT2D eigenvalue weighted by molar-refractivity contribution is 6.00. The number of pyridine rings is 1. The fourth-order valence-corrected chi connectivity index (χ4v) is 4.42. The van der Waals surface area contributed by atoms with Crippen molar-refractivity contribution in [2.75, 3.05) is 13.1 Å². The third kappa shape index (κ3) is 3.69. The molecule has 7 nitrogen and oxygen atoms in total. The van der Waals surface area contributed by atoms with Gasteiger partial charge in [0.25, 0.3) is 0 Å². The lowest BCUT2D eigenvalue weighted by atomic mass is 9.83. The second-order valence-electron chi connectivity index (χ2n) is 8.71. The number of fused-ring (bicyclic) bond motifs is 2. The fraction of sp³-hybridized carbons (Fsp3) is 0.348. The predicted octanol–water partition coefficient (Wildman–Crippen LogP) is 3.83. The van der Waals surface area contributed by atoms with Gasteiger partial charge in [-0.3, -0.25) is 4.79 Å². The van der Waals surface area contributed by atoms with E-state index < -0.39 is 17.3 Å². The number of rotatable bonds is 2. The van der Waals surface area contributed by atoms with E-state index in [1.54, 1.807) is 6.20 Å². The summed E-state index contributed by atoms with van der Waals surface area (Å²) in [6, 6.07) is 6.52. The number of halogens is 3. The number of amides is 2. The Labute approximate surface area is 187 Å². The molecule has 1 spiro atoms. The van der Waals surface area contributed by atoms with Crippen LogP contribution in [0.15, 0.2) is 36.5 Å². The third-order valence-corrected chi connectivity index (χ3v) is 6.27. The van der Waals surface area contributed by atoms with Gasteiger partial charge in [-0.15, -0.1) is 0 Å². The second kappa shape index (κ2) is 7.23. The molecule has 5 rings (SSSR count). The quantitative estimate of drug-likeness (QED) is 0.633. The Hall–Kier alpha value is -3.56. The molecule has 1 aromatic carbocycles. The monoisotopic (exact) mass is 458 g/mol. The minimum Gasteiger partial charge on any atom is -0.482 e. The average molecular weight is 458 g/mol. The highest BCUT2D eigenvalue weighted by Gasteiger charge is 2.52. The van der Waals surface area contributed by atoms with Crippen LogP contribution in [0.1, 0.15) is 33.6 Å². The molecular formula is C23H21F3N4O3. The van der Waals surface area contributed by atoms with Crippen molar-refractivity contribution in [2.45, 2.75) is 31.7 Å². The Kier molecular flexibility index (Phi) is 4.66. The number of hydrogen-bond donors (Lipinski definition) is 1. The SMILES string of the molecule is Cc1cc2cc(CNC(=O)N3CC4(CC(=O)c5ccc(C(F)(F)F)cc5O4)C3)cnc2n1C. The van der Waals surface area contributed by atoms with Gasteiger partial charge in [0.15, 0.2) is 11.4 Å². The lowest BCUT2D eigenvalue weighted by molar-refractivity contribution is -0.138. The average Bonchev–Trinajstić information content (AvgIpc) is 3.02. The maximum atomic E-state index is 13.0. The molecule has 0 bridgehead atoms. The van der Waals surface area contributed by atoms with E-state index in [4.69, 9.17) is 4.74 Å². The van der Waals surface area contributed by atoms with Gasteiger partial charge < -0.3 is 19.5 Å². The number of hydrogen-bond acceptors (Lipinski definition) is 4. The van der Waals surface area contributed by atoms with Gasteiger partial charge in [-0.1, -0.05) is 0 Å². The van der Waals surface area contributed by atoms with Crippen molar-refractivity contribution in [3.8, 4) is 5.75 Å². The first-order valence-corrected chi connectivity index (χ1v) is 10.4. The van der Waals surface area contributed by atoms with Gasteiger partial charge in [0.2, 0.25) is 0 Å². The number of carbonyl (C=O) groups excluding carboxylic acids is 2. The molecule has 1 N–H and O–H groups in total. The minimum atomic E-state index is -4.53. The summed E-state index contributed by atoms with van der Waals surface area (Å²) >= 11 is 0. The molecule has 0 saturated carbocycles. The number of nitrogens with zero attached hydrogens (tertiary/aromatic N) is 3. The van der Waals surface area contributed by atoms with Crippen LogP contribution >= 0.6 is 0 Å². The number of Topliss-reactive ketones (excluding diaryl/α,β-unsaturated/α-hetero) is 1. The molecule has 2 aliphatic heterocycles. The number of likely N-dealkylation sites (tertiary alicyclic amines) is 1. The topological polar surface area (TPSA) is 76.5 Å². The number of urea groups is 1. The summed E-state index contributed by atoms with van der Waals surface area (Å²) < 4.78 is 46.9. The van der Waals surface area contributed by atoms with Crippen LogP contribution in [0.2, 0.25) is 0 Å². The van der Waals surface area contributed by atoms with Gasteiger partial charge in [0.1, 0.15) is 11.4 Å². The van der Waals surface area contributed by atoms with Crippen molar-refractivity contribution in [3.05, 3.63) is 58.9 Å². The van der Waals surface area contributed by atoms with Gasteiger partial charge in [0.05, 0.1) is 30.6 Å². The van der Waals surface area contributed by atoms with E-state index in [1.807, 2.05) is 30.7 Å². The zero-order chi connectivity index (χ0) is 23.5. The van der Waals surface area contributed by atoms with E-state index in [0.29, 0.717) is 0 Å². The Morgan fingerprint density at radius 1 is 1.24 bits per heavy atom. The normalized spacial score (nSPS) is 17.0. The van der Waals surface area contributed by atoms with E-state index in [9.17, 15) is 22.8 Å². The largest absolute Gasteiger partial charge is 0.482 e. The molecule has 0 atom stereocenters. The molecule has 2 amide bonds. The molecule has 33 heavy (non-hydrogen) atoms. The molecule has 0 radical (unpaired) electrons. The van der Waals surface area contributed by atoms with E-state index >= 15 is 0 Å². The van der Waals surface area contributed by atoms with Gasteiger partial charge in [0, 0.05) is 30.9 Å². The summed E-state index contributed by atoms with van der Waals surface area (Å²) in [6.07, 6.45) is -2.81. The molecule has 10 heteroatoms. The highest BCUT2D eigenvalue weighted by atomic mass is 19.4. The second-order valence-corrected chi connectivity index (χ2v) is 8.71. The summed E-state index contributed by atoms with van der Waals surface area (Å²) in [5.41, 5.74) is 1.05. The molecule has 4 heterocycles. The van der Waals surface area contributed by atoms with Crippen LogP contribution in [-0.2, 0) is 19.8 Å². The molecular weight excluding hydrogens is 437 g/mol. The zero-order valence-corrected chi connectivity index (χ0v) is 18.0. The van der Waals surface area contributed by atoms with Crippen LogP contribution in [0, 0.1) is 6.92 Å². The Balaban J connectivity index is 1.23. The maximum Gasteiger partial charge on any atom is 0.416 e. The minimum absolute atomic E-state index is 0.0170. The molecule has 1 saturated heterocycles. The highest BCUT2D eigenvalue weighted by Crippen LogP contribution is 2.41. The van der Waals surface area contributed by atoms with E-state index in [1.165, 1.54) is 4.90 Å². The van der Waals surface area contributed by atoms with Crippen LogP contribution in [0.5, 0.6) is 5.75 Å². The molecule has 0 aliphatic carbocycles. The lowest BCUT2D eigenvalue weighted by Gasteiger charge is -2.50. The Morgan fingerprint density at radius 2 is 2.00 bits per heavy atom. The Morgan fingerprint density at radius 3 is 2.73 bits per heavy atom. The van der Waals surface area contributed by atoms with E-state index in [2.05, 4.69) is 10.3 Å². The Bertz CT molecular complexity index is 1290. The molecule has 2 aliphatic rings. The van der Waals surface area contributed by atoms with Crippen LogP contribution < -0.4 is 10.1 Å². The van der Waals surface area contributed by atoms with Gasteiger partial charge >= 0.3 is 12.2 Å². The summed E-state index contributed by atoms with van der Waals surface area (Å²) in [7, 11) is 1.94. The smallest absolute Gasteiger partial charge is 0.416 e. The first kappa shape index (κ1) is 21.3. The van der Waals surface area contributed by atoms with Crippen molar-refractivity contribution in [1.82, 2.24) is 19.8 Å². The number of nitrogens with one attached hydrogen (secondary N) is 1. The van der Waals surface area contributed by atoms with Crippen LogP contribution in [0.25, 0.3) is 11.0 Å². The molecule has 2 aromatic heterocycles. The standard InChI is InChI=1S/C23H21F3N4O3/c1-13-5-15-6-14(9-27-20(15)29(13)2)10-28-21(32)30-11-22(12-30)8-18(31)17-4-3-16(23(24,25)26)7-19(17)33-22/h3-7,9H,8,10-12H2,1-2H3,(H,28,32). The van der Waals surface area contributed by atoms with Crippen LogP contribution in [-0.4, -0.2) is 45.0 Å². The van der Waals surface area contributed by atoms with Gasteiger partial charge in [-0.2, -0.15) is 13.2 Å².